The maximum atomic E-state index is 8.80. The first-order chi connectivity index (χ1) is 7.83. The van der Waals surface area contributed by atoms with Gasteiger partial charge in [-0.05, 0) is 30.7 Å². The lowest BCUT2D eigenvalue weighted by Gasteiger charge is -1.93. The van der Waals surface area contributed by atoms with E-state index in [4.69, 9.17) is 9.68 Å². The van der Waals surface area contributed by atoms with Crippen LogP contribution >= 0.6 is 0 Å². The first-order valence-electron chi connectivity index (χ1n) is 5.76. The Kier molecular flexibility index (Phi) is 3.26. The summed E-state index contributed by atoms with van der Waals surface area (Å²) in [6.07, 6.45) is 4.62. The molecule has 1 aromatic heterocycles. The molecule has 0 unspecified atom stereocenters. The van der Waals surface area contributed by atoms with Crippen molar-refractivity contribution in [1.82, 2.24) is 0 Å². The van der Waals surface area contributed by atoms with Crippen molar-refractivity contribution in [1.29, 1.82) is 5.26 Å². The molecule has 0 bridgehead atoms. The molecule has 2 rings (SSSR count). The second-order valence-electron chi connectivity index (χ2n) is 4.03. The molecular weight excluding hydrogens is 198 g/mol. The second-order valence-corrected chi connectivity index (χ2v) is 4.03. The second kappa shape index (κ2) is 4.85. The Balaban J connectivity index is 2.20. The van der Waals surface area contributed by atoms with Gasteiger partial charge in [-0.1, -0.05) is 19.8 Å². The van der Waals surface area contributed by atoms with Gasteiger partial charge >= 0.3 is 0 Å². The number of benzene rings is 1. The van der Waals surface area contributed by atoms with Gasteiger partial charge in [0.05, 0.1) is 11.6 Å². The van der Waals surface area contributed by atoms with Crippen LogP contribution in [0.4, 0.5) is 0 Å². The van der Waals surface area contributed by atoms with E-state index in [-0.39, 0.29) is 0 Å². The third-order valence-corrected chi connectivity index (χ3v) is 2.72. The average Bonchev–Trinajstić information content (AvgIpc) is 2.70. The van der Waals surface area contributed by atoms with Crippen molar-refractivity contribution in [2.45, 2.75) is 32.6 Å². The summed E-state index contributed by atoms with van der Waals surface area (Å²) in [4.78, 5) is 0. The fourth-order valence-corrected chi connectivity index (χ4v) is 1.84. The van der Waals surface area contributed by atoms with E-state index in [0.29, 0.717) is 5.56 Å². The lowest BCUT2D eigenvalue weighted by molar-refractivity contribution is 0.531. The highest BCUT2D eigenvalue weighted by Crippen LogP contribution is 2.21. The van der Waals surface area contributed by atoms with E-state index in [2.05, 4.69) is 13.0 Å². The van der Waals surface area contributed by atoms with Crippen LogP contribution in [0.1, 0.15) is 37.5 Å². The van der Waals surface area contributed by atoms with E-state index < -0.39 is 0 Å². The number of hydrogen-bond acceptors (Lipinski definition) is 2. The van der Waals surface area contributed by atoms with Gasteiger partial charge in [0.25, 0.3) is 0 Å². The molecule has 0 spiro atoms. The zero-order valence-corrected chi connectivity index (χ0v) is 9.49. The zero-order valence-electron chi connectivity index (χ0n) is 9.49. The highest BCUT2D eigenvalue weighted by molar-refractivity contribution is 5.79. The molecule has 0 aliphatic carbocycles. The van der Waals surface area contributed by atoms with Gasteiger partial charge in [0.1, 0.15) is 11.3 Å². The van der Waals surface area contributed by atoms with Crippen LogP contribution in [0.3, 0.4) is 0 Å². The van der Waals surface area contributed by atoms with Crippen molar-refractivity contribution in [3.8, 4) is 6.07 Å². The molecule has 16 heavy (non-hydrogen) atoms. The van der Waals surface area contributed by atoms with Crippen LogP contribution in [0, 0.1) is 11.3 Å². The summed E-state index contributed by atoms with van der Waals surface area (Å²) in [6.45, 7) is 2.19. The number of nitrogens with zero attached hydrogens (tertiary/aromatic N) is 1. The summed E-state index contributed by atoms with van der Waals surface area (Å²) in [5.41, 5.74) is 1.57. The van der Waals surface area contributed by atoms with Crippen molar-refractivity contribution in [2.24, 2.45) is 0 Å². The minimum atomic E-state index is 0.688. The summed E-state index contributed by atoms with van der Waals surface area (Å²) in [7, 11) is 0. The zero-order chi connectivity index (χ0) is 11.4. The Morgan fingerprint density at radius 2 is 2.12 bits per heavy atom. The van der Waals surface area contributed by atoms with E-state index >= 15 is 0 Å². The predicted octanol–water partition coefficient (Wildman–Crippen LogP) is 4.04. The Hall–Kier alpha value is -1.75. The summed E-state index contributed by atoms with van der Waals surface area (Å²) in [6, 6.07) is 9.73. The molecule has 2 heteroatoms. The van der Waals surface area contributed by atoms with Crippen molar-refractivity contribution < 1.29 is 4.42 Å². The van der Waals surface area contributed by atoms with Gasteiger partial charge < -0.3 is 4.42 Å². The van der Waals surface area contributed by atoms with Gasteiger partial charge in [0.2, 0.25) is 0 Å². The Morgan fingerprint density at radius 1 is 1.25 bits per heavy atom. The number of rotatable bonds is 4. The minimum Gasteiger partial charge on any atom is -0.461 e. The number of hydrogen-bond donors (Lipinski definition) is 0. The van der Waals surface area contributed by atoms with E-state index in [0.717, 1.165) is 23.2 Å². The molecule has 0 atom stereocenters. The largest absolute Gasteiger partial charge is 0.461 e. The number of fused-ring (bicyclic) bond motifs is 1. The lowest BCUT2D eigenvalue weighted by Crippen LogP contribution is -1.80. The molecule has 0 aliphatic heterocycles. The molecule has 2 nitrogen and oxygen atoms in total. The topological polar surface area (TPSA) is 36.9 Å². The Morgan fingerprint density at radius 3 is 2.88 bits per heavy atom. The van der Waals surface area contributed by atoms with E-state index in [1.54, 1.807) is 6.07 Å². The van der Waals surface area contributed by atoms with Gasteiger partial charge in [0.15, 0.2) is 0 Å². The normalized spacial score (nSPS) is 10.5. The van der Waals surface area contributed by atoms with Crippen molar-refractivity contribution in [2.75, 3.05) is 0 Å². The lowest BCUT2D eigenvalue weighted by atomic mass is 10.1. The highest BCUT2D eigenvalue weighted by atomic mass is 16.3. The molecule has 1 aromatic carbocycles. The van der Waals surface area contributed by atoms with Gasteiger partial charge in [-0.2, -0.15) is 5.26 Å². The highest BCUT2D eigenvalue weighted by Gasteiger charge is 2.04. The van der Waals surface area contributed by atoms with Gasteiger partial charge in [-0.25, -0.2) is 0 Å². The third-order valence-electron chi connectivity index (χ3n) is 2.72. The molecule has 2 aromatic rings. The van der Waals surface area contributed by atoms with E-state index in [1.165, 1.54) is 19.3 Å². The standard InChI is InChI=1S/C14H15NO/c1-2-3-4-5-13-9-12-8-11(10-15)6-7-14(12)16-13/h6-9H,2-5H2,1H3. The molecule has 1 heterocycles. The van der Waals surface area contributed by atoms with Gasteiger partial charge in [-0.3, -0.25) is 0 Å². The van der Waals surface area contributed by atoms with E-state index in [1.807, 2.05) is 18.2 Å². The third kappa shape index (κ3) is 2.25. The summed E-state index contributed by atoms with van der Waals surface area (Å²) < 4.78 is 5.70. The van der Waals surface area contributed by atoms with Crippen LogP contribution in [0.2, 0.25) is 0 Å². The van der Waals surface area contributed by atoms with Crippen molar-refractivity contribution in [3.05, 3.63) is 35.6 Å². The molecule has 0 amide bonds. The smallest absolute Gasteiger partial charge is 0.134 e. The minimum absolute atomic E-state index is 0.688. The number of aryl methyl sites for hydroxylation is 1. The molecule has 82 valence electrons. The number of furan rings is 1. The molecule has 0 radical (unpaired) electrons. The maximum Gasteiger partial charge on any atom is 0.134 e. The number of unbranched alkanes of at least 4 members (excludes halogenated alkanes) is 2. The quantitative estimate of drug-likeness (QED) is 0.719. The molecule has 0 aliphatic rings. The Bertz CT molecular complexity index is 519. The molecule has 0 fully saturated rings. The summed E-state index contributed by atoms with van der Waals surface area (Å²) >= 11 is 0. The Labute approximate surface area is 95.5 Å². The van der Waals surface area contributed by atoms with Crippen LogP contribution in [0.15, 0.2) is 28.7 Å². The van der Waals surface area contributed by atoms with E-state index in [9.17, 15) is 0 Å². The van der Waals surface area contributed by atoms with Crippen LogP contribution < -0.4 is 0 Å². The van der Waals surface area contributed by atoms with Gasteiger partial charge in [-0.15, -0.1) is 0 Å². The fraction of sp³-hybridized carbons (Fsp3) is 0.357. The molecule has 0 saturated heterocycles. The van der Waals surface area contributed by atoms with Gasteiger partial charge in [0, 0.05) is 11.8 Å². The van der Waals surface area contributed by atoms with Crippen LogP contribution in [-0.4, -0.2) is 0 Å². The maximum absolute atomic E-state index is 8.80. The predicted molar refractivity (Wildman–Crippen MR) is 64.2 cm³/mol. The molecule has 0 N–H and O–H groups in total. The summed E-state index contributed by atoms with van der Waals surface area (Å²) in [5, 5.41) is 9.83. The number of nitriles is 1. The van der Waals surface area contributed by atoms with Crippen LogP contribution in [0.25, 0.3) is 11.0 Å². The monoisotopic (exact) mass is 213 g/mol. The average molecular weight is 213 g/mol. The fourth-order valence-electron chi connectivity index (χ4n) is 1.84. The van der Waals surface area contributed by atoms with Crippen LogP contribution in [0.5, 0.6) is 0 Å². The summed E-state index contributed by atoms with van der Waals surface area (Å²) in [5.74, 6) is 1.03. The van der Waals surface area contributed by atoms with Crippen LogP contribution in [-0.2, 0) is 6.42 Å². The van der Waals surface area contributed by atoms with Crippen molar-refractivity contribution >= 4 is 11.0 Å². The molecular formula is C14H15NO. The first kappa shape index (κ1) is 10.8. The van der Waals surface area contributed by atoms with Crippen molar-refractivity contribution in [3.63, 3.8) is 0 Å². The first-order valence-corrected chi connectivity index (χ1v) is 5.76. The SMILES string of the molecule is CCCCCc1cc2cc(C#N)ccc2o1. The molecule has 0 saturated carbocycles.